The first-order chi connectivity index (χ1) is 15.1. The summed E-state index contributed by atoms with van der Waals surface area (Å²) in [5, 5.41) is 3.55. The molecule has 0 aliphatic rings. The predicted octanol–water partition coefficient (Wildman–Crippen LogP) is 5.66. The van der Waals surface area contributed by atoms with Gasteiger partial charge < -0.3 is 10.1 Å². The van der Waals surface area contributed by atoms with E-state index < -0.39 is 0 Å². The van der Waals surface area contributed by atoms with Gasteiger partial charge in [-0.2, -0.15) is 0 Å². The zero-order valence-corrected chi connectivity index (χ0v) is 17.0. The van der Waals surface area contributed by atoms with Gasteiger partial charge >= 0.3 is 6.01 Å². The highest BCUT2D eigenvalue weighted by atomic mass is 35.5. The Balaban J connectivity index is 1.42. The fourth-order valence-corrected chi connectivity index (χ4v) is 2.98. The van der Waals surface area contributed by atoms with Crippen molar-refractivity contribution >= 4 is 17.5 Å². The van der Waals surface area contributed by atoms with Crippen molar-refractivity contribution < 1.29 is 13.9 Å². The van der Waals surface area contributed by atoms with Crippen LogP contribution in [-0.2, 0) is 6.54 Å². The number of nitrogens with one attached hydrogen (secondary N) is 1. The van der Waals surface area contributed by atoms with E-state index in [-0.39, 0.29) is 17.7 Å². The summed E-state index contributed by atoms with van der Waals surface area (Å²) in [4.78, 5) is 20.9. The number of amides is 1. The maximum absolute atomic E-state index is 13.0. The number of hydrogen-bond donors (Lipinski definition) is 1. The van der Waals surface area contributed by atoms with Crippen molar-refractivity contribution in [2.45, 2.75) is 6.54 Å². The fourth-order valence-electron chi connectivity index (χ4n) is 2.85. The van der Waals surface area contributed by atoms with Crippen molar-refractivity contribution in [3.05, 3.63) is 107 Å². The minimum Gasteiger partial charge on any atom is -0.424 e. The van der Waals surface area contributed by atoms with Crippen molar-refractivity contribution in [2.75, 3.05) is 0 Å². The number of nitrogens with zero attached hydrogens (tertiary/aromatic N) is 2. The minimum atomic E-state index is -0.347. The van der Waals surface area contributed by atoms with Gasteiger partial charge in [0.1, 0.15) is 11.6 Å². The molecule has 0 saturated heterocycles. The summed E-state index contributed by atoms with van der Waals surface area (Å²) in [7, 11) is 0. The molecule has 0 saturated carbocycles. The number of hydrogen-bond acceptors (Lipinski definition) is 4. The zero-order valence-electron chi connectivity index (χ0n) is 16.3. The monoisotopic (exact) mass is 433 g/mol. The van der Waals surface area contributed by atoms with E-state index in [4.69, 9.17) is 16.3 Å². The second-order valence-corrected chi connectivity index (χ2v) is 7.14. The Bertz CT molecular complexity index is 1180. The van der Waals surface area contributed by atoms with Gasteiger partial charge in [0.05, 0.1) is 0 Å². The van der Waals surface area contributed by atoms with Crippen molar-refractivity contribution in [1.82, 2.24) is 15.3 Å². The molecule has 4 aromatic rings. The summed E-state index contributed by atoms with van der Waals surface area (Å²) in [6.07, 6.45) is 3.22. The molecule has 3 aromatic carbocycles. The van der Waals surface area contributed by atoms with E-state index in [0.29, 0.717) is 22.9 Å². The molecule has 1 N–H and O–H groups in total. The number of carbonyl (C=O) groups is 1. The molecule has 4 rings (SSSR count). The number of benzene rings is 3. The Morgan fingerprint density at radius 3 is 2.35 bits per heavy atom. The molecule has 0 fully saturated rings. The van der Waals surface area contributed by atoms with Crippen molar-refractivity contribution in [3.8, 4) is 22.9 Å². The highest BCUT2D eigenvalue weighted by Gasteiger charge is 2.09. The summed E-state index contributed by atoms with van der Waals surface area (Å²) >= 11 is 5.88. The van der Waals surface area contributed by atoms with Crippen LogP contribution in [0.25, 0.3) is 11.1 Å². The van der Waals surface area contributed by atoms with Gasteiger partial charge in [0.15, 0.2) is 0 Å². The average Bonchev–Trinajstić information content (AvgIpc) is 2.80. The predicted molar refractivity (Wildman–Crippen MR) is 117 cm³/mol. The second kappa shape index (κ2) is 9.36. The van der Waals surface area contributed by atoms with Gasteiger partial charge in [0.25, 0.3) is 5.91 Å². The summed E-state index contributed by atoms with van der Waals surface area (Å²) in [5.41, 5.74) is 3.02. The van der Waals surface area contributed by atoms with Gasteiger partial charge in [0, 0.05) is 35.1 Å². The van der Waals surface area contributed by atoms with E-state index in [1.54, 1.807) is 42.7 Å². The lowest BCUT2D eigenvalue weighted by molar-refractivity contribution is 0.0951. The number of aromatic nitrogens is 2. The van der Waals surface area contributed by atoms with Crippen LogP contribution in [0.4, 0.5) is 4.39 Å². The molecule has 31 heavy (non-hydrogen) atoms. The van der Waals surface area contributed by atoms with Crippen LogP contribution in [0.2, 0.25) is 5.02 Å². The van der Waals surface area contributed by atoms with Crippen LogP contribution in [0.3, 0.4) is 0 Å². The van der Waals surface area contributed by atoms with E-state index >= 15 is 0 Å². The molecular weight excluding hydrogens is 417 g/mol. The first-order valence-electron chi connectivity index (χ1n) is 9.45. The van der Waals surface area contributed by atoms with E-state index in [1.807, 2.05) is 18.2 Å². The van der Waals surface area contributed by atoms with Crippen LogP contribution in [0.1, 0.15) is 15.9 Å². The van der Waals surface area contributed by atoms with E-state index in [9.17, 15) is 9.18 Å². The third-order valence-corrected chi connectivity index (χ3v) is 4.73. The molecule has 0 atom stereocenters. The van der Waals surface area contributed by atoms with Gasteiger partial charge in [-0.1, -0.05) is 35.9 Å². The molecule has 0 spiro atoms. The highest BCUT2D eigenvalue weighted by molar-refractivity contribution is 6.30. The van der Waals surface area contributed by atoms with Crippen molar-refractivity contribution in [1.29, 1.82) is 0 Å². The lowest BCUT2D eigenvalue weighted by atomic mass is 10.1. The normalized spacial score (nSPS) is 10.5. The fraction of sp³-hybridized carbons (Fsp3) is 0.0417. The smallest absolute Gasteiger partial charge is 0.321 e. The molecule has 0 aliphatic heterocycles. The Morgan fingerprint density at radius 2 is 1.65 bits per heavy atom. The van der Waals surface area contributed by atoms with Crippen LogP contribution < -0.4 is 10.1 Å². The summed E-state index contributed by atoms with van der Waals surface area (Å²) < 4.78 is 18.5. The van der Waals surface area contributed by atoms with Crippen LogP contribution in [-0.4, -0.2) is 15.9 Å². The van der Waals surface area contributed by atoms with Crippen LogP contribution in [0.5, 0.6) is 11.8 Å². The number of carbonyl (C=O) groups excluding carboxylic acids is 1. The van der Waals surface area contributed by atoms with Gasteiger partial charge in [-0.3, -0.25) is 4.79 Å². The average molecular weight is 434 g/mol. The van der Waals surface area contributed by atoms with Crippen molar-refractivity contribution in [3.63, 3.8) is 0 Å². The Hall–Kier alpha value is -3.77. The third kappa shape index (κ3) is 5.43. The summed E-state index contributed by atoms with van der Waals surface area (Å²) in [6, 6.07) is 20.2. The molecular formula is C24H17ClFN3O2. The second-order valence-electron chi connectivity index (χ2n) is 6.70. The lowest BCUT2D eigenvalue weighted by Gasteiger charge is -2.08. The molecule has 0 radical (unpaired) electrons. The largest absolute Gasteiger partial charge is 0.424 e. The lowest BCUT2D eigenvalue weighted by Crippen LogP contribution is -2.22. The molecule has 0 aliphatic carbocycles. The zero-order chi connectivity index (χ0) is 21.6. The SMILES string of the molecule is O=C(NCc1ccc(Cl)cc1)c1cccc(-c2cnc(Oc3ccc(F)cc3)nc2)c1. The third-order valence-electron chi connectivity index (χ3n) is 4.48. The molecule has 0 unspecified atom stereocenters. The molecule has 1 heterocycles. The summed E-state index contributed by atoms with van der Waals surface area (Å²) in [5.74, 6) is -0.0943. The van der Waals surface area contributed by atoms with E-state index in [1.165, 1.54) is 24.3 Å². The van der Waals surface area contributed by atoms with E-state index in [0.717, 1.165) is 16.7 Å². The number of rotatable bonds is 6. The van der Waals surface area contributed by atoms with Gasteiger partial charge in [-0.25, -0.2) is 14.4 Å². The standard InChI is InChI=1S/C24H17ClFN3O2/c25-20-6-4-16(5-7-20)13-27-23(30)18-3-1-2-17(12-18)19-14-28-24(29-15-19)31-22-10-8-21(26)9-11-22/h1-12,14-15H,13H2,(H,27,30). The Kier molecular flexibility index (Phi) is 6.19. The molecule has 7 heteroatoms. The van der Waals surface area contributed by atoms with Crippen LogP contribution >= 0.6 is 11.6 Å². The molecule has 1 amide bonds. The van der Waals surface area contributed by atoms with Crippen LogP contribution in [0, 0.1) is 5.82 Å². The molecule has 0 bridgehead atoms. The van der Waals surface area contributed by atoms with Gasteiger partial charge in [0.2, 0.25) is 0 Å². The van der Waals surface area contributed by atoms with Crippen molar-refractivity contribution in [2.24, 2.45) is 0 Å². The maximum Gasteiger partial charge on any atom is 0.321 e. The topological polar surface area (TPSA) is 64.1 Å². The molecule has 5 nitrogen and oxygen atoms in total. The van der Waals surface area contributed by atoms with E-state index in [2.05, 4.69) is 15.3 Å². The number of ether oxygens (including phenoxy) is 1. The Labute approximate surface area is 183 Å². The Morgan fingerprint density at radius 1 is 0.935 bits per heavy atom. The van der Waals surface area contributed by atoms with Gasteiger partial charge in [-0.15, -0.1) is 0 Å². The van der Waals surface area contributed by atoms with Gasteiger partial charge in [-0.05, 0) is 59.7 Å². The quantitative estimate of drug-likeness (QED) is 0.426. The first-order valence-corrected chi connectivity index (χ1v) is 9.83. The molecule has 1 aromatic heterocycles. The highest BCUT2D eigenvalue weighted by Crippen LogP contribution is 2.22. The summed E-state index contributed by atoms with van der Waals surface area (Å²) in [6.45, 7) is 0.402. The number of halogens is 2. The maximum atomic E-state index is 13.0. The van der Waals surface area contributed by atoms with Crippen LogP contribution in [0.15, 0.2) is 85.2 Å². The molecule has 154 valence electrons. The first kappa shape index (κ1) is 20.5. The minimum absolute atomic E-state index is 0.146.